The van der Waals surface area contributed by atoms with Gasteiger partial charge in [0.1, 0.15) is 5.58 Å². The van der Waals surface area contributed by atoms with Crippen LogP contribution in [0.5, 0.6) is 0 Å². The molecule has 150 valence electrons. The quantitative estimate of drug-likeness (QED) is 0.432. The first kappa shape index (κ1) is 19.7. The molecule has 0 saturated heterocycles. The van der Waals surface area contributed by atoms with E-state index in [1.807, 2.05) is 48.7 Å². The maximum atomic E-state index is 12.3. The number of carbonyl (C=O) groups excluding carboxylic acids is 1. The van der Waals surface area contributed by atoms with Crippen molar-refractivity contribution in [3.63, 3.8) is 0 Å². The lowest BCUT2D eigenvalue weighted by Gasteiger charge is -2.12. The van der Waals surface area contributed by atoms with E-state index in [1.54, 1.807) is 0 Å². The van der Waals surface area contributed by atoms with Gasteiger partial charge in [-0.2, -0.15) is 0 Å². The van der Waals surface area contributed by atoms with E-state index in [2.05, 4.69) is 34.3 Å². The van der Waals surface area contributed by atoms with Gasteiger partial charge in [0, 0.05) is 16.3 Å². The Labute approximate surface area is 176 Å². The largest absolute Gasteiger partial charge is 0.453 e. The van der Waals surface area contributed by atoms with Crippen molar-refractivity contribution in [2.45, 2.75) is 38.9 Å². The number of nitrogens with zero attached hydrogens (tertiary/aromatic N) is 4. The minimum atomic E-state index is -0.118. The molecule has 9 heteroatoms. The average Bonchev–Trinajstić information content (AvgIpc) is 3.36. The fourth-order valence-electron chi connectivity index (χ4n) is 2.91. The molecule has 0 radical (unpaired) electrons. The molecular formula is C20H21N5O2S2. The normalized spacial score (nSPS) is 11.5. The Bertz CT molecular complexity index is 1120. The molecule has 0 unspecified atom stereocenters. The van der Waals surface area contributed by atoms with E-state index in [1.165, 1.54) is 23.1 Å². The van der Waals surface area contributed by atoms with Crippen LogP contribution in [-0.4, -0.2) is 31.4 Å². The topological polar surface area (TPSA) is 85.8 Å². The molecule has 0 atom stereocenters. The number of nitrogens with one attached hydrogen (secondary N) is 1. The van der Waals surface area contributed by atoms with Crippen LogP contribution in [0.2, 0.25) is 0 Å². The van der Waals surface area contributed by atoms with Gasteiger partial charge >= 0.3 is 0 Å². The molecule has 3 heterocycles. The number of fused-ring (bicyclic) bond motifs is 1. The van der Waals surface area contributed by atoms with E-state index in [-0.39, 0.29) is 17.7 Å². The Morgan fingerprint density at radius 3 is 2.76 bits per heavy atom. The molecule has 0 aliphatic heterocycles. The zero-order valence-electron chi connectivity index (χ0n) is 16.6. The van der Waals surface area contributed by atoms with Crippen LogP contribution in [0.25, 0.3) is 22.6 Å². The third-order valence-corrected chi connectivity index (χ3v) is 6.37. The highest BCUT2D eigenvalue weighted by Gasteiger charge is 2.20. The Balaban J connectivity index is 1.52. The summed E-state index contributed by atoms with van der Waals surface area (Å²) >= 11 is 2.83. The standard InChI is InChI=1S/C20H21N5O2S2/c1-11(2)25-18(16-9-14-7-5-6-8-15(14)27-16)23-24-20(25)28-10-17(26)22-19-21-12(3)13(4)29-19/h5-9,11H,10H2,1-4H3,(H,21,22,26). The lowest BCUT2D eigenvalue weighted by atomic mass is 10.2. The van der Waals surface area contributed by atoms with Gasteiger partial charge in [-0.1, -0.05) is 30.0 Å². The molecule has 0 bridgehead atoms. The molecule has 4 aromatic rings. The predicted molar refractivity (Wildman–Crippen MR) is 117 cm³/mol. The summed E-state index contributed by atoms with van der Waals surface area (Å²) < 4.78 is 7.95. The molecule has 0 fully saturated rings. The number of aryl methyl sites for hydroxylation is 2. The fourth-order valence-corrected chi connectivity index (χ4v) is 4.61. The van der Waals surface area contributed by atoms with E-state index in [4.69, 9.17) is 4.42 Å². The van der Waals surface area contributed by atoms with Crippen molar-refractivity contribution in [1.82, 2.24) is 19.7 Å². The van der Waals surface area contributed by atoms with Crippen molar-refractivity contribution in [3.8, 4) is 11.6 Å². The molecule has 29 heavy (non-hydrogen) atoms. The van der Waals surface area contributed by atoms with Gasteiger partial charge in [-0.15, -0.1) is 21.5 Å². The SMILES string of the molecule is Cc1nc(NC(=O)CSc2nnc(-c3cc4ccccc4o3)n2C(C)C)sc1C. The second kappa shape index (κ2) is 8.00. The van der Waals surface area contributed by atoms with Gasteiger partial charge in [-0.3, -0.25) is 9.36 Å². The number of hydrogen-bond donors (Lipinski definition) is 1. The summed E-state index contributed by atoms with van der Waals surface area (Å²) in [6.07, 6.45) is 0. The van der Waals surface area contributed by atoms with E-state index >= 15 is 0 Å². The van der Waals surface area contributed by atoms with Gasteiger partial charge < -0.3 is 9.73 Å². The molecule has 0 saturated carbocycles. The number of furan rings is 1. The highest BCUT2D eigenvalue weighted by molar-refractivity contribution is 7.99. The molecule has 1 amide bonds. The van der Waals surface area contributed by atoms with Crippen LogP contribution in [0.15, 0.2) is 39.9 Å². The number of hydrogen-bond acceptors (Lipinski definition) is 7. The number of anilines is 1. The molecule has 0 spiro atoms. The van der Waals surface area contributed by atoms with Gasteiger partial charge in [0.25, 0.3) is 0 Å². The highest BCUT2D eigenvalue weighted by atomic mass is 32.2. The Kier molecular flexibility index (Phi) is 5.42. The van der Waals surface area contributed by atoms with Crippen molar-refractivity contribution in [2.75, 3.05) is 11.1 Å². The summed E-state index contributed by atoms with van der Waals surface area (Å²) in [7, 11) is 0. The third kappa shape index (κ3) is 4.06. The summed E-state index contributed by atoms with van der Waals surface area (Å²) in [6.45, 7) is 8.03. The Morgan fingerprint density at radius 1 is 1.28 bits per heavy atom. The van der Waals surface area contributed by atoms with Crippen molar-refractivity contribution in [1.29, 1.82) is 0 Å². The number of thiazole rings is 1. The van der Waals surface area contributed by atoms with Crippen molar-refractivity contribution >= 4 is 45.1 Å². The van der Waals surface area contributed by atoms with Crippen LogP contribution in [-0.2, 0) is 4.79 Å². The van der Waals surface area contributed by atoms with Crippen molar-refractivity contribution < 1.29 is 9.21 Å². The number of thioether (sulfide) groups is 1. The summed E-state index contributed by atoms with van der Waals surface area (Å²) in [6, 6.07) is 9.92. The predicted octanol–water partition coefficient (Wildman–Crippen LogP) is 5.08. The Morgan fingerprint density at radius 2 is 2.07 bits per heavy atom. The fraction of sp³-hybridized carbons (Fsp3) is 0.300. The molecule has 7 nitrogen and oxygen atoms in total. The van der Waals surface area contributed by atoms with Gasteiger partial charge in [0.15, 0.2) is 16.0 Å². The smallest absolute Gasteiger partial charge is 0.236 e. The van der Waals surface area contributed by atoms with Crippen LogP contribution < -0.4 is 5.32 Å². The number of benzene rings is 1. The van der Waals surface area contributed by atoms with Crippen LogP contribution in [0, 0.1) is 13.8 Å². The first-order chi connectivity index (χ1) is 13.9. The van der Waals surface area contributed by atoms with Crippen molar-refractivity contribution in [2.24, 2.45) is 0 Å². The zero-order chi connectivity index (χ0) is 20.5. The highest BCUT2D eigenvalue weighted by Crippen LogP contribution is 2.31. The number of para-hydroxylation sites is 1. The first-order valence-electron chi connectivity index (χ1n) is 9.23. The Hall–Kier alpha value is -2.65. The summed E-state index contributed by atoms with van der Waals surface area (Å²) in [4.78, 5) is 17.8. The lowest BCUT2D eigenvalue weighted by Crippen LogP contribution is -2.15. The van der Waals surface area contributed by atoms with Gasteiger partial charge in [0.05, 0.1) is 11.4 Å². The van der Waals surface area contributed by atoms with Crippen molar-refractivity contribution in [3.05, 3.63) is 40.9 Å². The molecule has 1 N–H and O–H groups in total. The molecule has 0 aliphatic rings. The van der Waals surface area contributed by atoms with Crippen LogP contribution in [0.1, 0.15) is 30.5 Å². The minimum absolute atomic E-state index is 0.114. The first-order valence-corrected chi connectivity index (χ1v) is 11.0. The monoisotopic (exact) mass is 427 g/mol. The molecule has 1 aromatic carbocycles. The molecule has 0 aliphatic carbocycles. The van der Waals surface area contributed by atoms with Gasteiger partial charge in [-0.25, -0.2) is 4.98 Å². The van der Waals surface area contributed by atoms with E-state index in [9.17, 15) is 4.79 Å². The second-order valence-electron chi connectivity index (χ2n) is 6.92. The third-order valence-electron chi connectivity index (χ3n) is 4.43. The second-order valence-corrected chi connectivity index (χ2v) is 9.06. The van der Waals surface area contributed by atoms with Crippen LogP contribution in [0.3, 0.4) is 0 Å². The van der Waals surface area contributed by atoms with Crippen LogP contribution >= 0.6 is 23.1 Å². The maximum Gasteiger partial charge on any atom is 0.236 e. The van der Waals surface area contributed by atoms with E-state index in [0.29, 0.717) is 21.9 Å². The number of amides is 1. The van der Waals surface area contributed by atoms with E-state index in [0.717, 1.165) is 21.5 Å². The number of carbonyl (C=O) groups is 1. The number of rotatable bonds is 6. The maximum absolute atomic E-state index is 12.3. The zero-order valence-corrected chi connectivity index (χ0v) is 18.2. The molecule has 4 rings (SSSR count). The molecular weight excluding hydrogens is 406 g/mol. The summed E-state index contributed by atoms with van der Waals surface area (Å²) in [5.41, 5.74) is 1.75. The summed E-state index contributed by atoms with van der Waals surface area (Å²) in [5, 5.41) is 13.8. The lowest BCUT2D eigenvalue weighted by molar-refractivity contribution is -0.113. The van der Waals surface area contributed by atoms with Gasteiger partial charge in [-0.05, 0) is 39.8 Å². The van der Waals surface area contributed by atoms with Crippen LogP contribution in [0.4, 0.5) is 5.13 Å². The summed E-state index contributed by atoms with van der Waals surface area (Å²) in [5.74, 6) is 1.43. The number of aromatic nitrogens is 4. The van der Waals surface area contributed by atoms with E-state index < -0.39 is 0 Å². The molecule has 3 aromatic heterocycles. The van der Waals surface area contributed by atoms with Gasteiger partial charge in [0.2, 0.25) is 11.7 Å². The minimum Gasteiger partial charge on any atom is -0.453 e. The average molecular weight is 428 g/mol.